The topological polar surface area (TPSA) is 67.6 Å². The first kappa shape index (κ1) is 23.1. The number of hydrogen-bond acceptors (Lipinski definition) is 4. The number of aromatic nitrogens is 3. The highest BCUT2D eigenvalue weighted by atomic mass is 127. The van der Waals surface area contributed by atoms with E-state index in [4.69, 9.17) is 0 Å². The summed E-state index contributed by atoms with van der Waals surface area (Å²) in [4.78, 5) is 6.55. The standard InChI is InChI=1S/C17H24F2N6O.HI/c1-5-20-17(21-10-15-23-22-12(2)25(15)4)24(3)11-13-6-8-14(9-7-13)26-16(18)19;/h6-9,16H,5,10-11H2,1-4H3,(H,20,21);1H. The van der Waals surface area contributed by atoms with Crippen molar-refractivity contribution < 1.29 is 13.5 Å². The van der Waals surface area contributed by atoms with Crippen LogP contribution in [-0.2, 0) is 20.1 Å². The Bertz CT molecular complexity index is 736. The third-order valence-corrected chi connectivity index (χ3v) is 3.82. The summed E-state index contributed by atoms with van der Waals surface area (Å²) in [5.41, 5.74) is 0.953. The maximum atomic E-state index is 12.2. The fourth-order valence-corrected chi connectivity index (χ4v) is 2.33. The zero-order valence-electron chi connectivity index (χ0n) is 15.8. The Balaban J connectivity index is 0.00000364. The largest absolute Gasteiger partial charge is 0.435 e. The molecule has 0 atom stereocenters. The molecule has 0 spiro atoms. The maximum absolute atomic E-state index is 12.2. The van der Waals surface area contributed by atoms with E-state index in [2.05, 4.69) is 25.2 Å². The zero-order chi connectivity index (χ0) is 19.1. The molecule has 2 aromatic rings. The number of halogens is 3. The van der Waals surface area contributed by atoms with Crippen molar-refractivity contribution >= 4 is 29.9 Å². The van der Waals surface area contributed by atoms with E-state index in [1.165, 1.54) is 12.1 Å². The third-order valence-electron chi connectivity index (χ3n) is 3.82. The lowest BCUT2D eigenvalue weighted by Crippen LogP contribution is -2.38. The van der Waals surface area contributed by atoms with Gasteiger partial charge in [-0.1, -0.05) is 12.1 Å². The van der Waals surface area contributed by atoms with Crippen LogP contribution >= 0.6 is 24.0 Å². The summed E-state index contributed by atoms with van der Waals surface area (Å²) in [7, 11) is 3.81. The van der Waals surface area contributed by atoms with Crippen molar-refractivity contribution in [3.8, 4) is 5.75 Å². The molecule has 0 saturated carbocycles. The van der Waals surface area contributed by atoms with E-state index in [-0.39, 0.29) is 29.7 Å². The lowest BCUT2D eigenvalue weighted by Gasteiger charge is -2.22. The molecule has 0 radical (unpaired) electrons. The molecule has 0 unspecified atom stereocenters. The van der Waals surface area contributed by atoms with Gasteiger partial charge in [0.25, 0.3) is 0 Å². The van der Waals surface area contributed by atoms with Crippen molar-refractivity contribution in [3.63, 3.8) is 0 Å². The number of guanidine groups is 1. The maximum Gasteiger partial charge on any atom is 0.387 e. The summed E-state index contributed by atoms with van der Waals surface area (Å²) < 4.78 is 30.7. The van der Waals surface area contributed by atoms with Crippen LogP contribution in [0, 0.1) is 6.92 Å². The van der Waals surface area contributed by atoms with Crippen LogP contribution in [0.15, 0.2) is 29.3 Å². The molecule has 0 aliphatic rings. The number of nitrogens with one attached hydrogen (secondary N) is 1. The van der Waals surface area contributed by atoms with Crippen LogP contribution in [0.1, 0.15) is 24.1 Å². The minimum atomic E-state index is -2.82. The quantitative estimate of drug-likeness (QED) is 0.365. The van der Waals surface area contributed by atoms with E-state index in [1.807, 2.05) is 37.4 Å². The van der Waals surface area contributed by atoms with Crippen molar-refractivity contribution in [3.05, 3.63) is 41.5 Å². The number of ether oxygens (including phenoxy) is 1. The van der Waals surface area contributed by atoms with Gasteiger partial charge in [-0.2, -0.15) is 8.78 Å². The Morgan fingerprint density at radius 2 is 1.96 bits per heavy atom. The number of alkyl halides is 2. The van der Waals surface area contributed by atoms with E-state index >= 15 is 0 Å². The Kier molecular flexibility index (Phi) is 9.39. The molecule has 1 N–H and O–H groups in total. The van der Waals surface area contributed by atoms with Crippen molar-refractivity contribution in [1.29, 1.82) is 0 Å². The number of aliphatic imine (C=N–C) groups is 1. The lowest BCUT2D eigenvalue weighted by molar-refractivity contribution is -0.0498. The molecule has 0 aliphatic heterocycles. The van der Waals surface area contributed by atoms with Crippen LogP contribution in [0.4, 0.5) is 8.78 Å². The number of hydrogen-bond donors (Lipinski definition) is 1. The van der Waals surface area contributed by atoms with Gasteiger partial charge in [0, 0.05) is 27.2 Å². The average molecular weight is 494 g/mol. The fourth-order valence-electron chi connectivity index (χ4n) is 2.33. The highest BCUT2D eigenvalue weighted by molar-refractivity contribution is 14.0. The minimum Gasteiger partial charge on any atom is -0.435 e. The molecular formula is C17H25F2IN6O. The van der Waals surface area contributed by atoms with E-state index in [9.17, 15) is 8.78 Å². The lowest BCUT2D eigenvalue weighted by atomic mass is 10.2. The van der Waals surface area contributed by atoms with E-state index in [0.29, 0.717) is 13.1 Å². The first-order valence-electron chi connectivity index (χ1n) is 8.28. The molecule has 10 heteroatoms. The molecular weight excluding hydrogens is 469 g/mol. The number of rotatable bonds is 7. The number of nitrogens with zero attached hydrogens (tertiary/aromatic N) is 5. The molecule has 0 amide bonds. The van der Waals surface area contributed by atoms with Crippen LogP contribution in [0.2, 0.25) is 0 Å². The summed E-state index contributed by atoms with van der Waals surface area (Å²) in [6, 6.07) is 6.57. The van der Waals surface area contributed by atoms with Crippen LogP contribution in [0.3, 0.4) is 0 Å². The molecule has 0 saturated heterocycles. The van der Waals surface area contributed by atoms with Crippen molar-refractivity contribution in [2.75, 3.05) is 13.6 Å². The fraction of sp³-hybridized carbons (Fsp3) is 0.471. The van der Waals surface area contributed by atoms with Crippen LogP contribution < -0.4 is 10.1 Å². The summed E-state index contributed by atoms with van der Waals surface area (Å²) in [5.74, 6) is 2.48. The normalized spacial score (nSPS) is 11.3. The average Bonchev–Trinajstić information content (AvgIpc) is 2.91. The van der Waals surface area contributed by atoms with Crippen molar-refractivity contribution in [2.24, 2.45) is 12.0 Å². The first-order chi connectivity index (χ1) is 12.4. The summed E-state index contributed by atoms with van der Waals surface area (Å²) in [5, 5.41) is 11.4. The van der Waals surface area contributed by atoms with Gasteiger partial charge in [0.15, 0.2) is 11.8 Å². The van der Waals surface area contributed by atoms with Gasteiger partial charge in [0.1, 0.15) is 18.1 Å². The van der Waals surface area contributed by atoms with Gasteiger partial charge in [-0.15, -0.1) is 34.2 Å². The monoisotopic (exact) mass is 494 g/mol. The van der Waals surface area contributed by atoms with Crippen molar-refractivity contribution in [2.45, 2.75) is 33.5 Å². The molecule has 0 aliphatic carbocycles. The smallest absolute Gasteiger partial charge is 0.387 e. The molecule has 2 rings (SSSR count). The van der Waals surface area contributed by atoms with Gasteiger partial charge in [0.05, 0.1) is 0 Å². The Labute approximate surface area is 174 Å². The van der Waals surface area contributed by atoms with E-state index in [0.717, 1.165) is 29.7 Å². The van der Waals surface area contributed by atoms with Gasteiger partial charge in [-0.3, -0.25) is 0 Å². The SMILES string of the molecule is CCNC(=NCc1nnc(C)n1C)N(C)Cc1ccc(OC(F)F)cc1.I. The molecule has 150 valence electrons. The zero-order valence-corrected chi connectivity index (χ0v) is 18.1. The summed E-state index contributed by atoms with van der Waals surface area (Å²) in [6.45, 7) is 2.76. The first-order valence-corrected chi connectivity index (χ1v) is 8.28. The molecule has 27 heavy (non-hydrogen) atoms. The predicted molar refractivity (Wildman–Crippen MR) is 111 cm³/mol. The molecule has 0 fully saturated rings. The van der Waals surface area contributed by atoms with Gasteiger partial charge in [-0.05, 0) is 31.5 Å². The van der Waals surface area contributed by atoms with Crippen LogP contribution in [0.5, 0.6) is 5.75 Å². The number of benzene rings is 1. The van der Waals surface area contributed by atoms with Gasteiger partial charge in [0.2, 0.25) is 0 Å². The molecule has 1 aromatic carbocycles. The highest BCUT2D eigenvalue weighted by Gasteiger charge is 2.10. The second kappa shape index (κ2) is 11.0. The Hall–Kier alpha value is -1.98. The van der Waals surface area contributed by atoms with E-state index in [1.54, 1.807) is 12.1 Å². The molecule has 1 heterocycles. The highest BCUT2D eigenvalue weighted by Crippen LogP contribution is 2.15. The Morgan fingerprint density at radius 3 is 2.48 bits per heavy atom. The molecule has 1 aromatic heterocycles. The second-order valence-corrected chi connectivity index (χ2v) is 5.77. The molecule has 0 bridgehead atoms. The molecule has 7 nitrogen and oxygen atoms in total. The predicted octanol–water partition coefficient (Wildman–Crippen LogP) is 2.94. The number of aryl methyl sites for hydroxylation is 1. The van der Waals surface area contributed by atoms with E-state index < -0.39 is 6.61 Å². The van der Waals surface area contributed by atoms with Crippen LogP contribution in [0.25, 0.3) is 0 Å². The van der Waals surface area contributed by atoms with Gasteiger partial charge >= 0.3 is 6.61 Å². The van der Waals surface area contributed by atoms with Crippen LogP contribution in [-0.4, -0.2) is 45.8 Å². The Morgan fingerprint density at radius 1 is 1.30 bits per heavy atom. The summed E-state index contributed by atoms with van der Waals surface area (Å²) >= 11 is 0. The van der Waals surface area contributed by atoms with Crippen molar-refractivity contribution in [1.82, 2.24) is 25.0 Å². The second-order valence-electron chi connectivity index (χ2n) is 5.77. The van der Waals surface area contributed by atoms with Gasteiger partial charge in [-0.25, -0.2) is 4.99 Å². The summed E-state index contributed by atoms with van der Waals surface area (Å²) in [6.07, 6.45) is 0. The van der Waals surface area contributed by atoms with Gasteiger partial charge < -0.3 is 19.5 Å². The third kappa shape index (κ3) is 6.92. The minimum absolute atomic E-state index is 0.